The average Bonchev–Trinajstić information content (AvgIpc) is 2.80. The molecule has 1 aliphatic rings. The van der Waals surface area contributed by atoms with Gasteiger partial charge in [0.25, 0.3) is 0 Å². The van der Waals surface area contributed by atoms with Crippen LogP contribution in [0.3, 0.4) is 0 Å². The van der Waals surface area contributed by atoms with Gasteiger partial charge in [0.05, 0.1) is 12.7 Å². The second-order valence-electron chi connectivity index (χ2n) is 4.77. The molecule has 1 fully saturated rings. The number of aromatic hydroxyl groups is 1. The highest BCUT2D eigenvalue weighted by Crippen LogP contribution is 2.20. The van der Waals surface area contributed by atoms with Gasteiger partial charge in [0.2, 0.25) is 0 Å². The maximum atomic E-state index is 13.0. The molecule has 1 aliphatic carbocycles. The number of halogens is 1. The molecule has 1 aromatic carbocycles. The van der Waals surface area contributed by atoms with Crippen LogP contribution in [0.25, 0.3) is 0 Å². The van der Waals surface area contributed by atoms with E-state index in [-0.39, 0.29) is 5.75 Å². The number of phenolic OH excluding ortho intramolecular Hbond substituents is 1. The molecular weight excluding hydrogens is 233 g/mol. The minimum absolute atomic E-state index is 0.0333. The lowest BCUT2D eigenvalue weighted by atomic mass is 10.2. The van der Waals surface area contributed by atoms with Crippen LogP contribution in [0, 0.1) is 5.82 Å². The van der Waals surface area contributed by atoms with Crippen molar-refractivity contribution in [1.29, 1.82) is 0 Å². The Hall–Kier alpha value is -1.13. The fourth-order valence-electron chi connectivity index (χ4n) is 2.32. The summed E-state index contributed by atoms with van der Waals surface area (Å²) in [6.45, 7) is 1.97. The minimum atomic E-state index is -0.408. The second kappa shape index (κ2) is 6.71. The van der Waals surface area contributed by atoms with E-state index in [4.69, 9.17) is 4.74 Å². The number of hydrogen-bond acceptors (Lipinski definition) is 3. The third kappa shape index (κ3) is 4.27. The van der Waals surface area contributed by atoms with Crippen LogP contribution in [-0.4, -0.2) is 24.4 Å². The minimum Gasteiger partial charge on any atom is -0.508 e. The fourth-order valence-corrected chi connectivity index (χ4v) is 2.32. The van der Waals surface area contributed by atoms with Gasteiger partial charge in [-0.15, -0.1) is 0 Å². The zero-order valence-corrected chi connectivity index (χ0v) is 10.5. The largest absolute Gasteiger partial charge is 0.508 e. The van der Waals surface area contributed by atoms with Gasteiger partial charge in [-0.3, -0.25) is 0 Å². The topological polar surface area (TPSA) is 41.5 Å². The third-order valence-electron chi connectivity index (χ3n) is 3.21. The normalized spacial score (nSPS) is 16.3. The summed E-state index contributed by atoms with van der Waals surface area (Å²) in [4.78, 5) is 0. The SMILES string of the molecule is Oc1cc(F)cc(CNCCOC2CCCC2)c1. The van der Waals surface area contributed by atoms with E-state index in [0.29, 0.717) is 19.3 Å². The molecule has 4 heteroatoms. The van der Waals surface area contributed by atoms with Crippen molar-refractivity contribution >= 4 is 0 Å². The van der Waals surface area contributed by atoms with Crippen molar-refractivity contribution < 1.29 is 14.2 Å². The molecular formula is C14H20FNO2. The van der Waals surface area contributed by atoms with Crippen LogP contribution in [0.5, 0.6) is 5.75 Å². The fraction of sp³-hybridized carbons (Fsp3) is 0.571. The van der Waals surface area contributed by atoms with Crippen molar-refractivity contribution in [2.45, 2.75) is 38.3 Å². The summed E-state index contributed by atoms with van der Waals surface area (Å²) in [6.07, 6.45) is 5.35. The lowest BCUT2D eigenvalue weighted by Crippen LogP contribution is -2.21. The second-order valence-corrected chi connectivity index (χ2v) is 4.77. The molecule has 0 saturated heterocycles. The van der Waals surface area contributed by atoms with E-state index >= 15 is 0 Å². The molecule has 0 spiro atoms. The standard InChI is InChI=1S/C14H20FNO2/c15-12-7-11(8-13(17)9-12)10-16-5-6-18-14-3-1-2-4-14/h7-9,14,16-17H,1-6,10H2. The Bertz CT molecular complexity index is 358. The highest BCUT2D eigenvalue weighted by atomic mass is 19.1. The molecule has 0 bridgehead atoms. The van der Waals surface area contributed by atoms with Crippen molar-refractivity contribution in [3.63, 3.8) is 0 Å². The Labute approximate surface area is 107 Å². The van der Waals surface area contributed by atoms with E-state index in [9.17, 15) is 9.50 Å². The zero-order chi connectivity index (χ0) is 12.8. The molecule has 0 heterocycles. The predicted octanol–water partition coefficient (Wildman–Crippen LogP) is 2.58. The number of rotatable bonds is 6. The summed E-state index contributed by atoms with van der Waals surface area (Å²) in [5, 5.41) is 12.4. The van der Waals surface area contributed by atoms with Gasteiger partial charge in [0, 0.05) is 19.2 Å². The van der Waals surface area contributed by atoms with Crippen LogP contribution >= 0.6 is 0 Å². The van der Waals surface area contributed by atoms with Crippen LogP contribution in [-0.2, 0) is 11.3 Å². The molecule has 1 aromatic rings. The Morgan fingerprint density at radius 1 is 1.28 bits per heavy atom. The van der Waals surface area contributed by atoms with E-state index in [0.717, 1.165) is 18.2 Å². The van der Waals surface area contributed by atoms with Crippen LogP contribution in [0.15, 0.2) is 18.2 Å². The van der Waals surface area contributed by atoms with Gasteiger partial charge >= 0.3 is 0 Å². The van der Waals surface area contributed by atoms with E-state index in [2.05, 4.69) is 5.32 Å². The van der Waals surface area contributed by atoms with Crippen molar-refractivity contribution in [2.75, 3.05) is 13.2 Å². The van der Waals surface area contributed by atoms with Gasteiger partial charge in [-0.1, -0.05) is 12.8 Å². The summed E-state index contributed by atoms with van der Waals surface area (Å²) >= 11 is 0. The molecule has 0 aliphatic heterocycles. The first-order chi connectivity index (χ1) is 8.74. The van der Waals surface area contributed by atoms with Crippen LogP contribution in [0.4, 0.5) is 4.39 Å². The molecule has 0 aromatic heterocycles. The Morgan fingerprint density at radius 3 is 2.78 bits per heavy atom. The lowest BCUT2D eigenvalue weighted by Gasteiger charge is -2.11. The summed E-state index contributed by atoms with van der Waals surface area (Å²) in [7, 11) is 0. The quantitative estimate of drug-likeness (QED) is 0.766. The Balaban J connectivity index is 1.62. The summed E-state index contributed by atoms with van der Waals surface area (Å²) in [5.41, 5.74) is 0.744. The van der Waals surface area contributed by atoms with E-state index < -0.39 is 5.82 Å². The maximum absolute atomic E-state index is 13.0. The smallest absolute Gasteiger partial charge is 0.127 e. The summed E-state index contributed by atoms with van der Waals surface area (Å²) in [6, 6.07) is 4.09. The maximum Gasteiger partial charge on any atom is 0.127 e. The van der Waals surface area contributed by atoms with Gasteiger partial charge in [-0.25, -0.2) is 4.39 Å². The third-order valence-corrected chi connectivity index (χ3v) is 3.21. The molecule has 3 nitrogen and oxygen atoms in total. The molecule has 2 rings (SSSR count). The Morgan fingerprint density at radius 2 is 2.06 bits per heavy atom. The van der Waals surface area contributed by atoms with E-state index in [1.165, 1.54) is 31.7 Å². The zero-order valence-electron chi connectivity index (χ0n) is 10.5. The van der Waals surface area contributed by atoms with Crippen molar-refractivity contribution in [1.82, 2.24) is 5.32 Å². The Kier molecular flexibility index (Phi) is 4.96. The van der Waals surface area contributed by atoms with Crippen molar-refractivity contribution in [3.05, 3.63) is 29.6 Å². The highest BCUT2D eigenvalue weighted by molar-refractivity contribution is 5.28. The molecule has 0 atom stereocenters. The number of hydrogen-bond donors (Lipinski definition) is 2. The van der Waals surface area contributed by atoms with Crippen LogP contribution < -0.4 is 5.32 Å². The monoisotopic (exact) mass is 253 g/mol. The van der Waals surface area contributed by atoms with Gasteiger partial charge in [-0.05, 0) is 30.5 Å². The highest BCUT2D eigenvalue weighted by Gasteiger charge is 2.14. The van der Waals surface area contributed by atoms with E-state index in [1.807, 2.05) is 0 Å². The number of nitrogens with one attached hydrogen (secondary N) is 1. The molecule has 0 amide bonds. The first-order valence-corrected chi connectivity index (χ1v) is 6.55. The van der Waals surface area contributed by atoms with Crippen molar-refractivity contribution in [3.8, 4) is 5.75 Å². The number of phenols is 1. The number of benzene rings is 1. The molecule has 0 unspecified atom stereocenters. The van der Waals surface area contributed by atoms with Crippen molar-refractivity contribution in [2.24, 2.45) is 0 Å². The first kappa shape index (κ1) is 13.3. The predicted molar refractivity (Wildman–Crippen MR) is 68.0 cm³/mol. The molecule has 2 N–H and O–H groups in total. The van der Waals surface area contributed by atoms with Gasteiger partial charge in [0.15, 0.2) is 0 Å². The summed E-state index contributed by atoms with van der Waals surface area (Å²) < 4.78 is 18.7. The summed E-state index contributed by atoms with van der Waals surface area (Å²) in [5.74, 6) is -0.442. The van der Waals surface area contributed by atoms with Gasteiger partial charge in [0.1, 0.15) is 11.6 Å². The molecule has 0 radical (unpaired) electrons. The van der Waals surface area contributed by atoms with Crippen LogP contribution in [0.2, 0.25) is 0 Å². The van der Waals surface area contributed by atoms with Crippen LogP contribution in [0.1, 0.15) is 31.2 Å². The first-order valence-electron chi connectivity index (χ1n) is 6.55. The average molecular weight is 253 g/mol. The van der Waals surface area contributed by atoms with Gasteiger partial charge in [-0.2, -0.15) is 0 Å². The molecule has 18 heavy (non-hydrogen) atoms. The van der Waals surface area contributed by atoms with Gasteiger partial charge < -0.3 is 15.2 Å². The molecule has 1 saturated carbocycles. The molecule has 100 valence electrons. The van der Waals surface area contributed by atoms with E-state index in [1.54, 1.807) is 6.07 Å². The lowest BCUT2D eigenvalue weighted by molar-refractivity contribution is 0.0602. The number of ether oxygens (including phenoxy) is 1.